The van der Waals surface area contributed by atoms with Crippen LogP contribution in [0.25, 0.3) is 27.7 Å². The van der Waals surface area contributed by atoms with Gasteiger partial charge in [-0.2, -0.15) is 5.10 Å². The first-order valence-corrected chi connectivity index (χ1v) is 9.66. The molecule has 1 N–H and O–H groups in total. The van der Waals surface area contributed by atoms with Gasteiger partial charge in [0.25, 0.3) is 0 Å². The molecule has 0 saturated carbocycles. The van der Waals surface area contributed by atoms with Crippen LogP contribution in [0.2, 0.25) is 0 Å². The predicted molar refractivity (Wildman–Crippen MR) is 113 cm³/mol. The molecule has 0 spiro atoms. The average molecular weight is 353 g/mol. The SMILES string of the molecule is CC(C)c1ccccc1-n1nc(-c2ccc3ccccc3c2)c2c1NCC2. The number of hydrogen-bond donors (Lipinski definition) is 1. The van der Waals surface area contributed by atoms with Crippen LogP contribution in [-0.4, -0.2) is 16.3 Å². The molecule has 1 aromatic heterocycles. The van der Waals surface area contributed by atoms with Crippen molar-refractivity contribution in [3.63, 3.8) is 0 Å². The van der Waals surface area contributed by atoms with E-state index in [1.807, 2.05) is 0 Å². The number of fused-ring (bicyclic) bond motifs is 2. The Kier molecular flexibility index (Phi) is 3.75. The number of anilines is 1. The Morgan fingerprint density at radius 3 is 2.56 bits per heavy atom. The molecule has 3 aromatic carbocycles. The number of benzene rings is 3. The van der Waals surface area contributed by atoms with E-state index in [4.69, 9.17) is 5.10 Å². The maximum atomic E-state index is 5.08. The number of nitrogens with one attached hydrogen (secondary N) is 1. The quantitative estimate of drug-likeness (QED) is 0.506. The lowest BCUT2D eigenvalue weighted by atomic mass is 10.0. The molecule has 0 bridgehead atoms. The monoisotopic (exact) mass is 353 g/mol. The summed E-state index contributed by atoms with van der Waals surface area (Å²) < 4.78 is 2.11. The minimum Gasteiger partial charge on any atom is -0.369 e. The van der Waals surface area contributed by atoms with E-state index in [1.165, 1.54) is 33.2 Å². The van der Waals surface area contributed by atoms with E-state index < -0.39 is 0 Å². The van der Waals surface area contributed by atoms with Crippen molar-refractivity contribution in [1.29, 1.82) is 0 Å². The van der Waals surface area contributed by atoms with Gasteiger partial charge in [-0.1, -0.05) is 68.4 Å². The molecule has 27 heavy (non-hydrogen) atoms. The van der Waals surface area contributed by atoms with Gasteiger partial charge in [-0.3, -0.25) is 0 Å². The van der Waals surface area contributed by atoms with E-state index >= 15 is 0 Å². The highest BCUT2D eigenvalue weighted by atomic mass is 15.3. The molecular weight excluding hydrogens is 330 g/mol. The van der Waals surface area contributed by atoms with Crippen LogP contribution in [0.5, 0.6) is 0 Å². The van der Waals surface area contributed by atoms with Crippen LogP contribution < -0.4 is 5.32 Å². The first kappa shape index (κ1) is 16.1. The minimum atomic E-state index is 0.451. The molecule has 0 fully saturated rings. The van der Waals surface area contributed by atoms with Crippen molar-refractivity contribution in [2.45, 2.75) is 26.2 Å². The van der Waals surface area contributed by atoms with Crippen LogP contribution in [-0.2, 0) is 6.42 Å². The van der Waals surface area contributed by atoms with Crippen LogP contribution in [0, 0.1) is 0 Å². The largest absolute Gasteiger partial charge is 0.369 e. The molecule has 4 aromatic rings. The van der Waals surface area contributed by atoms with Crippen LogP contribution >= 0.6 is 0 Å². The Hall–Kier alpha value is -3.07. The fraction of sp³-hybridized carbons (Fsp3) is 0.208. The molecule has 1 aliphatic heterocycles. The molecule has 0 radical (unpaired) electrons. The summed E-state index contributed by atoms with van der Waals surface area (Å²) in [4.78, 5) is 0. The summed E-state index contributed by atoms with van der Waals surface area (Å²) in [6.45, 7) is 5.44. The van der Waals surface area contributed by atoms with Crippen molar-refractivity contribution in [2.24, 2.45) is 0 Å². The van der Waals surface area contributed by atoms with E-state index in [-0.39, 0.29) is 0 Å². The van der Waals surface area contributed by atoms with Crippen molar-refractivity contribution in [1.82, 2.24) is 9.78 Å². The van der Waals surface area contributed by atoms with Crippen molar-refractivity contribution >= 4 is 16.6 Å². The molecule has 3 heteroatoms. The zero-order valence-electron chi connectivity index (χ0n) is 15.7. The van der Waals surface area contributed by atoms with Crippen LogP contribution in [0.3, 0.4) is 0 Å². The third-order valence-electron chi connectivity index (χ3n) is 5.46. The lowest BCUT2D eigenvalue weighted by molar-refractivity contribution is 0.812. The number of para-hydroxylation sites is 1. The fourth-order valence-electron chi connectivity index (χ4n) is 4.09. The van der Waals surface area contributed by atoms with Crippen molar-refractivity contribution in [3.05, 3.63) is 77.9 Å². The summed E-state index contributed by atoms with van der Waals surface area (Å²) in [5, 5.41) is 11.2. The van der Waals surface area contributed by atoms with Crippen LogP contribution in [0.1, 0.15) is 30.9 Å². The summed E-state index contributed by atoms with van der Waals surface area (Å²) in [5.74, 6) is 1.60. The smallest absolute Gasteiger partial charge is 0.133 e. The van der Waals surface area contributed by atoms with Gasteiger partial charge in [0.15, 0.2) is 0 Å². The molecule has 0 amide bonds. The Balaban J connectivity index is 1.71. The highest BCUT2D eigenvalue weighted by molar-refractivity contribution is 5.88. The van der Waals surface area contributed by atoms with Crippen molar-refractivity contribution < 1.29 is 0 Å². The summed E-state index contributed by atoms with van der Waals surface area (Å²) in [7, 11) is 0. The fourth-order valence-corrected chi connectivity index (χ4v) is 4.09. The van der Waals surface area contributed by atoms with Gasteiger partial charge in [-0.05, 0) is 40.8 Å². The van der Waals surface area contributed by atoms with Gasteiger partial charge < -0.3 is 5.32 Å². The van der Waals surface area contributed by atoms with E-state index in [0.717, 1.165) is 24.5 Å². The van der Waals surface area contributed by atoms with E-state index in [0.29, 0.717) is 5.92 Å². The van der Waals surface area contributed by atoms with Gasteiger partial charge in [0, 0.05) is 17.7 Å². The average Bonchev–Trinajstić information content (AvgIpc) is 3.30. The standard InChI is InChI=1S/C24H23N3/c1-16(2)20-9-5-6-10-22(20)27-24-21(13-14-25-24)23(26-27)19-12-11-17-7-3-4-8-18(17)15-19/h3-12,15-16,25H,13-14H2,1-2H3. The Morgan fingerprint density at radius 1 is 0.926 bits per heavy atom. The lowest BCUT2D eigenvalue weighted by Crippen LogP contribution is -2.07. The number of hydrogen-bond acceptors (Lipinski definition) is 2. The molecule has 0 atom stereocenters. The normalized spacial score (nSPS) is 13.1. The zero-order chi connectivity index (χ0) is 18.4. The molecule has 134 valence electrons. The van der Waals surface area contributed by atoms with E-state index in [9.17, 15) is 0 Å². The highest BCUT2D eigenvalue weighted by Crippen LogP contribution is 2.37. The van der Waals surface area contributed by atoms with Gasteiger partial charge in [0.1, 0.15) is 5.82 Å². The molecule has 5 rings (SSSR count). The minimum absolute atomic E-state index is 0.451. The van der Waals surface area contributed by atoms with Gasteiger partial charge in [0.2, 0.25) is 0 Å². The molecule has 2 heterocycles. The third-order valence-corrected chi connectivity index (χ3v) is 5.46. The topological polar surface area (TPSA) is 29.9 Å². The summed E-state index contributed by atoms with van der Waals surface area (Å²) >= 11 is 0. The summed E-state index contributed by atoms with van der Waals surface area (Å²) in [6, 6.07) is 23.7. The second kappa shape index (κ2) is 6.27. The third kappa shape index (κ3) is 2.62. The predicted octanol–water partition coefficient (Wildman–Crippen LogP) is 5.78. The molecule has 1 aliphatic rings. The van der Waals surface area contributed by atoms with Gasteiger partial charge >= 0.3 is 0 Å². The van der Waals surface area contributed by atoms with Crippen molar-refractivity contribution in [3.8, 4) is 16.9 Å². The summed E-state index contributed by atoms with van der Waals surface area (Å²) in [5.41, 5.74) is 6.10. The lowest BCUT2D eigenvalue weighted by Gasteiger charge is -2.14. The number of nitrogens with zero attached hydrogens (tertiary/aromatic N) is 2. The first-order valence-electron chi connectivity index (χ1n) is 9.66. The zero-order valence-corrected chi connectivity index (χ0v) is 15.7. The second-order valence-corrected chi connectivity index (χ2v) is 7.54. The number of aromatic nitrogens is 2. The maximum Gasteiger partial charge on any atom is 0.133 e. The molecule has 0 saturated heterocycles. The Labute approximate surface area is 159 Å². The van der Waals surface area contributed by atoms with Gasteiger partial charge in [0.05, 0.1) is 11.4 Å². The first-order chi connectivity index (χ1) is 13.2. The van der Waals surface area contributed by atoms with Gasteiger partial charge in [-0.15, -0.1) is 0 Å². The van der Waals surface area contributed by atoms with E-state index in [2.05, 4.69) is 90.6 Å². The Bertz CT molecular complexity index is 1140. The maximum absolute atomic E-state index is 5.08. The second-order valence-electron chi connectivity index (χ2n) is 7.54. The molecule has 3 nitrogen and oxygen atoms in total. The summed E-state index contributed by atoms with van der Waals surface area (Å²) in [6.07, 6.45) is 1.02. The van der Waals surface area contributed by atoms with Crippen LogP contribution in [0.4, 0.5) is 5.82 Å². The van der Waals surface area contributed by atoms with Gasteiger partial charge in [-0.25, -0.2) is 4.68 Å². The van der Waals surface area contributed by atoms with E-state index in [1.54, 1.807) is 0 Å². The molecule has 0 aliphatic carbocycles. The van der Waals surface area contributed by atoms with Crippen molar-refractivity contribution in [2.75, 3.05) is 11.9 Å². The molecular formula is C24H23N3. The molecule has 0 unspecified atom stereocenters. The Morgan fingerprint density at radius 2 is 1.70 bits per heavy atom. The highest BCUT2D eigenvalue weighted by Gasteiger charge is 2.25. The van der Waals surface area contributed by atoms with Crippen LogP contribution in [0.15, 0.2) is 66.7 Å². The number of rotatable bonds is 3.